The predicted octanol–water partition coefficient (Wildman–Crippen LogP) is 3.82. The van der Waals surface area contributed by atoms with E-state index in [-0.39, 0.29) is 18.4 Å². The molecule has 6 nitrogen and oxygen atoms in total. The standard InChI is InChI=1S/C23H26N4O2/c1-15-7-6-8-16(2)22(15)24-21(28)14-26(5)23(29)19-9-11-20(12-10-19)27-18(4)13-17(3)25-27/h6-13H,14H2,1-5H3,(H,24,28). The van der Waals surface area contributed by atoms with E-state index < -0.39 is 0 Å². The molecular weight excluding hydrogens is 364 g/mol. The van der Waals surface area contributed by atoms with Gasteiger partial charge in [-0.25, -0.2) is 4.68 Å². The zero-order chi connectivity index (χ0) is 21.1. The lowest BCUT2D eigenvalue weighted by molar-refractivity contribution is -0.116. The van der Waals surface area contributed by atoms with Gasteiger partial charge in [0.25, 0.3) is 5.91 Å². The maximum atomic E-state index is 12.7. The van der Waals surface area contributed by atoms with Crippen LogP contribution in [0, 0.1) is 27.7 Å². The third kappa shape index (κ3) is 4.54. The molecule has 2 amide bonds. The van der Waals surface area contributed by atoms with Crippen LogP contribution in [0.3, 0.4) is 0 Å². The number of carbonyl (C=O) groups excluding carboxylic acids is 2. The number of aromatic nitrogens is 2. The van der Waals surface area contributed by atoms with E-state index in [4.69, 9.17) is 0 Å². The van der Waals surface area contributed by atoms with E-state index in [2.05, 4.69) is 10.4 Å². The summed E-state index contributed by atoms with van der Waals surface area (Å²) in [5.74, 6) is -0.431. The number of aryl methyl sites for hydroxylation is 4. The van der Waals surface area contributed by atoms with Gasteiger partial charge in [-0.05, 0) is 69.2 Å². The van der Waals surface area contributed by atoms with Crippen molar-refractivity contribution in [3.05, 3.63) is 76.6 Å². The molecule has 0 aliphatic heterocycles. The second-order valence-corrected chi connectivity index (χ2v) is 7.36. The van der Waals surface area contributed by atoms with Crippen LogP contribution in [0.4, 0.5) is 5.69 Å². The summed E-state index contributed by atoms with van der Waals surface area (Å²) in [7, 11) is 1.63. The van der Waals surface area contributed by atoms with Crippen molar-refractivity contribution in [1.29, 1.82) is 0 Å². The van der Waals surface area contributed by atoms with Crippen molar-refractivity contribution in [2.24, 2.45) is 0 Å². The first kappa shape index (κ1) is 20.3. The molecule has 1 aromatic heterocycles. The van der Waals surface area contributed by atoms with E-state index >= 15 is 0 Å². The highest BCUT2D eigenvalue weighted by molar-refractivity contribution is 5.99. The van der Waals surface area contributed by atoms with E-state index in [9.17, 15) is 9.59 Å². The second kappa shape index (κ2) is 8.31. The van der Waals surface area contributed by atoms with Gasteiger partial charge in [0.15, 0.2) is 0 Å². The van der Waals surface area contributed by atoms with Crippen molar-refractivity contribution < 1.29 is 9.59 Å². The Morgan fingerprint density at radius 2 is 1.62 bits per heavy atom. The number of nitrogens with one attached hydrogen (secondary N) is 1. The lowest BCUT2D eigenvalue weighted by Crippen LogP contribution is -2.35. The van der Waals surface area contributed by atoms with Crippen LogP contribution in [0.1, 0.15) is 32.9 Å². The SMILES string of the molecule is Cc1cc(C)n(-c2ccc(C(=O)N(C)CC(=O)Nc3c(C)cccc3C)cc2)n1. The topological polar surface area (TPSA) is 67.2 Å². The van der Waals surface area contributed by atoms with Crippen molar-refractivity contribution in [2.75, 3.05) is 18.9 Å². The Hall–Kier alpha value is -3.41. The number of para-hydroxylation sites is 1. The maximum Gasteiger partial charge on any atom is 0.254 e. The van der Waals surface area contributed by atoms with Crippen molar-refractivity contribution in [3.8, 4) is 5.69 Å². The Morgan fingerprint density at radius 1 is 1.00 bits per heavy atom. The smallest absolute Gasteiger partial charge is 0.254 e. The molecule has 29 heavy (non-hydrogen) atoms. The summed E-state index contributed by atoms with van der Waals surface area (Å²) in [5, 5.41) is 7.36. The third-order valence-electron chi connectivity index (χ3n) is 4.84. The number of hydrogen-bond acceptors (Lipinski definition) is 3. The number of likely N-dealkylation sites (N-methyl/N-ethyl adjacent to an activating group) is 1. The highest BCUT2D eigenvalue weighted by Crippen LogP contribution is 2.19. The molecule has 6 heteroatoms. The number of amides is 2. The first-order valence-corrected chi connectivity index (χ1v) is 9.51. The molecule has 0 atom stereocenters. The van der Waals surface area contributed by atoms with Gasteiger partial charge in [-0.3, -0.25) is 9.59 Å². The summed E-state index contributed by atoms with van der Waals surface area (Å²) in [6, 6.07) is 15.1. The van der Waals surface area contributed by atoms with E-state index in [1.807, 2.05) is 68.8 Å². The van der Waals surface area contributed by atoms with E-state index in [1.54, 1.807) is 19.2 Å². The van der Waals surface area contributed by atoms with Gasteiger partial charge < -0.3 is 10.2 Å². The highest BCUT2D eigenvalue weighted by Gasteiger charge is 2.16. The molecule has 0 spiro atoms. The number of hydrogen-bond donors (Lipinski definition) is 1. The first-order chi connectivity index (χ1) is 13.8. The fourth-order valence-electron chi connectivity index (χ4n) is 3.33. The maximum absolute atomic E-state index is 12.7. The lowest BCUT2D eigenvalue weighted by Gasteiger charge is -2.18. The summed E-state index contributed by atoms with van der Waals surface area (Å²) in [6.45, 7) is 7.80. The molecule has 2 aromatic carbocycles. The molecule has 3 aromatic rings. The van der Waals surface area contributed by atoms with Gasteiger partial charge in [-0.1, -0.05) is 18.2 Å². The van der Waals surface area contributed by atoms with Crippen LogP contribution in [-0.2, 0) is 4.79 Å². The summed E-state index contributed by atoms with van der Waals surface area (Å²) >= 11 is 0. The predicted molar refractivity (Wildman–Crippen MR) is 115 cm³/mol. The van der Waals surface area contributed by atoms with Crippen LogP contribution in [-0.4, -0.2) is 40.1 Å². The summed E-state index contributed by atoms with van der Waals surface area (Å²) < 4.78 is 1.84. The van der Waals surface area contributed by atoms with Crippen molar-refractivity contribution >= 4 is 17.5 Å². The number of benzene rings is 2. The van der Waals surface area contributed by atoms with Crippen molar-refractivity contribution in [2.45, 2.75) is 27.7 Å². The Balaban J connectivity index is 1.67. The number of nitrogens with zero attached hydrogens (tertiary/aromatic N) is 3. The molecule has 0 aliphatic rings. The minimum atomic E-state index is -0.225. The molecule has 0 saturated heterocycles. The molecule has 0 saturated carbocycles. The van der Waals surface area contributed by atoms with Gasteiger partial charge in [0.05, 0.1) is 17.9 Å². The highest BCUT2D eigenvalue weighted by atomic mass is 16.2. The summed E-state index contributed by atoms with van der Waals surface area (Å²) in [4.78, 5) is 26.6. The van der Waals surface area contributed by atoms with Gasteiger partial charge in [0.1, 0.15) is 0 Å². The minimum absolute atomic E-state index is 0.0220. The fraction of sp³-hybridized carbons (Fsp3) is 0.261. The average molecular weight is 390 g/mol. The fourth-order valence-corrected chi connectivity index (χ4v) is 3.33. The van der Waals surface area contributed by atoms with Gasteiger partial charge >= 0.3 is 0 Å². The monoisotopic (exact) mass is 390 g/mol. The molecule has 3 rings (SSSR count). The zero-order valence-corrected chi connectivity index (χ0v) is 17.5. The lowest BCUT2D eigenvalue weighted by atomic mass is 10.1. The van der Waals surface area contributed by atoms with Crippen LogP contribution < -0.4 is 5.32 Å². The largest absolute Gasteiger partial charge is 0.332 e. The molecule has 0 unspecified atom stereocenters. The average Bonchev–Trinajstić information content (AvgIpc) is 3.02. The molecule has 0 radical (unpaired) electrons. The van der Waals surface area contributed by atoms with E-state index in [0.29, 0.717) is 5.56 Å². The molecule has 1 N–H and O–H groups in total. The molecule has 0 aliphatic carbocycles. The van der Waals surface area contributed by atoms with Gasteiger partial charge in [0.2, 0.25) is 5.91 Å². The third-order valence-corrected chi connectivity index (χ3v) is 4.84. The Kier molecular flexibility index (Phi) is 5.82. The Labute approximate surface area is 171 Å². The molecule has 0 bridgehead atoms. The molecule has 0 fully saturated rings. The normalized spacial score (nSPS) is 10.7. The molecular formula is C23H26N4O2. The Bertz CT molecular complexity index is 1030. The number of anilines is 1. The van der Waals surface area contributed by atoms with E-state index in [0.717, 1.165) is 33.9 Å². The van der Waals surface area contributed by atoms with Crippen LogP contribution in [0.15, 0.2) is 48.5 Å². The summed E-state index contributed by atoms with van der Waals surface area (Å²) in [5.41, 5.74) is 6.17. The van der Waals surface area contributed by atoms with Crippen molar-refractivity contribution in [1.82, 2.24) is 14.7 Å². The first-order valence-electron chi connectivity index (χ1n) is 9.51. The minimum Gasteiger partial charge on any atom is -0.332 e. The molecule has 150 valence electrons. The second-order valence-electron chi connectivity index (χ2n) is 7.36. The quantitative estimate of drug-likeness (QED) is 0.720. The van der Waals surface area contributed by atoms with Crippen molar-refractivity contribution in [3.63, 3.8) is 0 Å². The Morgan fingerprint density at radius 3 is 2.17 bits per heavy atom. The zero-order valence-electron chi connectivity index (χ0n) is 17.5. The van der Waals surface area contributed by atoms with Gasteiger partial charge in [-0.2, -0.15) is 5.10 Å². The van der Waals surface area contributed by atoms with Crippen LogP contribution in [0.2, 0.25) is 0 Å². The summed E-state index contributed by atoms with van der Waals surface area (Å²) in [6.07, 6.45) is 0. The molecule has 1 heterocycles. The van der Waals surface area contributed by atoms with Crippen LogP contribution in [0.25, 0.3) is 5.69 Å². The van der Waals surface area contributed by atoms with Gasteiger partial charge in [0, 0.05) is 24.0 Å². The van der Waals surface area contributed by atoms with E-state index in [1.165, 1.54) is 4.90 Å². The van der Waals surface area contributed by atoms with Crippen LogP contribution in [0.5, 0.6) is 0 Å². The van der Waals surface area contributed by atoms with Gasteiger partial charge in [-0.15, -0.1) is 0 Å². The number of carbonyl (C=O) groups is 2. The number of rotatable bonds is 5. The van der Waals surface area contributed by atoms with Crippen LogP contribution >= 0.6 is 0 Å².